The lowest BCUT2D eigenvalue weighted by Crippen LogP contribution is -2.42. The Morgan fingerprint density at radius 1 is 1.28 bits per heavy atom. The summed E-state index contributed by atoms with van der Waals surface area (Å²) in [4.78, 5) is 12.2. The first-order valence-corrected chi connectivity index (χ1v) is 6.34. The van der Waals surface area contributed by atoms with Crippen molar-refractivity contribution in [3.8, 4) is 0 Å². The van der Waals surface area contributed by atoms with Crippen LogP contribution in [-0.4, -0.2) is 17.1 Å². The minimum Gasteiger partial charge on any atom is -0.459 e. The maximum atomic E-state index is 12.2. The number of esters is 1. The van der Waals surface area contributed by atoms with E-state index in [-0.39, 0.29) is 17.8 Å². The van der Waals surface area contributed by atoms with Crippen molar-refractivity contribution in [2.24, 2.45) is 11.7 Å². The van der Waals surface area contributed by atoms with Gasteiger partial charge in [-0.1, -0.05) is 37.3 Å². The number of ether oxygens (including phenoxy) is 1. The number of carbonyl (C=O) groups is 1. The molecule has 1 aromatic carbocycles. The van der Waals surface area contributed by atoms with E-state index in [1.807, 2.05) is 58.0 Å². The fourth-order valence-corrected chi connectivity index (χ4v) is 2.49. The average Bonchev–Trinajstić information content (AvgIpc) is 2.82. The molecule has 3 heteroatoms. The first kappa shape index (κ1) is 13.1. The van der Waals surface area contributed by atoms with Gasteiger partial charge in [0.05, 0.1) is 0 Å². The summed E-state index contributed by atoms with van der Waals surface area (Å²) in [5.41, 5.74) is 5.99. The summed E-state index contributed by atoms with van der Waals surface area (Å²) in [5, 5.41) is 0. The summed E-state index contributed by atoms with van der Waals surface area (Å²) in [7, 11) is 0. The molecule has 3 atom stereocenters. The molecule has 0 bridgehead atoms. The number of carbonyl (C=O) groups excluding carboxylic acids is 1. The third-order valence-electron chi connectivity index (χ3n) is 3.57. The van der Waals surface area contributed by atoms with Gasteiger partial charge in [-0.25, -0.2) is 0 Å². The fourth-order valence-electron chi connectivity index (χ4n) is 2.49. The van der Waals surface area contributed by atoms with Crippen LogP contribution in [0.2, 0.25) is 0 Å². The Labute approximate surface area is 108 Å². The van der Waals surface area contributed by atoms with Crippen molar-refractivity contribution in [3.63, 3.8) is 0 Å². The molecule has 2 rings (SSSR count). The number of benzene rings is 1. The summed E-state index contributed by atoms with van der Waals surface area (Å²) in [6, 6.07) is 9.92. The van der Waals surface area contributed by atoms with E-state index in [0.29, 0.717) is 0 Å². The smallest absolute Gasteiger partial charge is 0.327 e. The molecule has 2 N–H and O–H groups in total. The molecule has 0 amide bonds. The molecule has 0 aromatic heterocycles. The largest absolute Gasteiger partial charge is 0.459 e. The molecule has 3 unspecified atom stereocenters. The summed E-state index contributed by atoms with van der Waals surface area (Å²) in [6.07, 6.45) is 0. The third-order valence-corrected chi connectivity index (χ3v) is 3.57. The molecule has 0 spiro atoms. The van der Waals surface area contributed by atoms with Crippen LogP contribution in [0.1, 0.15) is 39.2 Å². The second-order valence-electron chi connectivity index (χ2n) is 6.11. The van der Waals surface area contributed by atoms with Crippen LogP contribution in [-0.2, 0) is 9.53 Å². The van der Waals surface area contributed by atoms with Crippen LogP contribution in [0.4, 0.5) is 0 Å². The van der Waals surface area contributed by atoms with Crippen LogP contribution < -0.4 is 5.73 Å². The van der Waals surface area contributed by atoms with Gasteiger partial charge in [0.2, 0.25) is 0 Å². The Bertz CT molecular complexity index is 449. The number of rotatable bonds is 2. The van der Waals surface area contributed by atoms with Gasteiger partial charge in [-0.05, 0) is 32.3 Å². The Balaban J connectivity index is 2.17. The lowest BCUT2D eigenvalue weighted by atomic mass is 10.1. The van der Waals surface area contributed by atoms with Crippen molar-refractivity contribution in [2.45, 2.75) is 44.8 Å². The van der Waals surface area contributed by atoms with Gasteiger partial charge >= 0.3 is 5.97 Å². The lowest BCUT2D eigenvalue weighted by molar-refractivity contribution is -0.158. The van der Waals surface area contributed by atoms with Crippen molar-refractivity contribution in [3.05, 3.63) is 35.9 Å². The normalized spacial score (nSPS) is 30.9. The highest BCUT2D eigenvalue weighted by atomic mass is 16.6. The van der Waals surface area contributed by atoms with Crippen LogP contribution in [0, 0.1) is 5.92 Å². The van der Waals surface area contributed by atoms with E-state index in [2.05, 4.69) is 0 Å². The topological polar surface area (TPSA) is 52.3 Å². The zero-order chi connectivity index (χ0) is 13.6. The minimum absolute atomic E-state index is 0.0635. The Morgan fingerprint density at radius 3 is 2.33 bits per heavy atom. The molecule has 98 valence electrons. The molecule has 0 radical (unpaired) electrons. The first-order chi connectivity index (χ1) is 8.27. The van der Waals surface area contributed by atoms with Gasteiger partial charge in [-0.2, -0.15) is 0 Å². The predicted molar refractivity (Wildman–Crippen MR) is 71.1 cm³/mol. The van der Waals surface area contributed by atoms with E-state index in [0.717, 1.165) is 5.56 Å². The fraction of sp³-hybridized carbons (Fsp3) is 0.533. The van der Waals surface area contributed by atoms with Crippen LogP contribution in [0.15, 0.2) is 30.3 Å². The summed E-state index contributed by atoms with van der Waals surface area (Å²) in [5.74, 6) is -0.111. The molecule has 0 saturated heterocycles. The monoisotopic (exact) mass is 247 g/mol. The molecule has 1 aliphatic carbocycles. The van der Waals surface area contributed by atoms with E-state index in [1.165, 1.54) is 0 Å². The maximum absolute atomic E-state index is 12.2. The van der Waals surface area contributed by atoms with Gasteiger partial charge in [0.1, 0.15) is 11.1 Å². The van der Waals surface area contributed by atoms with Gasteiger partial charge in [0.15, 0.2) is 0 Å². The quantitative estimate of drug-likeness (QED) is 0.817. The second-order valence-corrected chi connectivity index (χ2v) is 6.11. The van der Waals surface area contributed by atoms with Gasteiger partial charge in [-0.15, -0.1) is 0 Å². The third kappa shape index (κ3) is 2.15. The molecule has 1 aliphatic rings. The molecule has 1 fully saturated rings. The zero-order valence-electron chi connectivity index (χ0n) is 11.4. The number of hydrogen-bond acceptors (Lipinski definition) is 3. The van der Waals surface area contributed by atoms with Crippen molar-refractivity contribution in [2.75, 3.05) is 0 Å². The van der Waals surface area contributed by atoms with Crippen LogP contribution in [0.3, 0.4) is 0 Å². The van der Waals surface area contributed by atoms with Crippen LogP contribution in [0.25, 0.3) is 0 Å². The Hall–Kier alpha value is -1.35. The highest BCUT2D eigenvalue weighted by Crippen LogP contribution is 2.56. The molecule has 0 aliphatic heterocycles. The molecule has 0 heterocycles. The zero-order valence-corrected chi connectivity index (χ0v) is 11.4. The van der Waals surface area contributed by atoms with Gasteiger partial charge in [0.25, 0.3) is 0 Å². The van der Waals surface area contributed by atoms with Crippen LogP contribution in [0.5, 0.6) is 0 Å². The highest BCUT2D eigenvalue weighted by molar-refractivity contribution is 5.88. The van der Waals surface area contributed by atoms with E-state index in [4.69, 9.17) is 10.5 Å². The summed E-state index contributed by atoms with van der Waals surface area (Å²) < 4.78 is 5.42. The number of hydrogen-bond donors (Lipinski definition) is 1. The second kappa shape index (κ2) is 4.09. The standard InChI is InChI=1S/C15H21NO2/c1-10-12(11-8-6-5-7-9-11)15(10,16)13(17)18-14(2,3)4/h5-10,12H,16H2,1-4H3. The van der Waals surface area contributed by atoms with E-state index in [1.54, 1.807) is 0 Å². The summed E-state index contributed by atoms with van der Waals surface area (Å²) >= 11 is 0. The maximum Gasteiger partial charge on any atom is 0.327 e. The molecule has 1 saturated carbocycles. The molecule has 18 heavy (non-hydrogen) atoms. The Morgan fingerprint density at radius 2 is 1.83 bits per heavy atom. The van der Waals surface area contributed by atoms with Gasteiger partial charge < -0.3 is 10.5 Å². The van der Waals surface area contributed by atoms with Crippen LogP contribution >= 0.6 is 0 Å². The number of nitrogens with two attached hydrogens (primary N) is 1. The molecule has 3 nitrogen and oxygen atoms in total. The summed E-state index contributed by atoms with van der Waals surface area (Å²) in [6.45, 7) is 7.58. The van der Waals surface area contributed by atoms with Crippen molar-refractivity contribution >= 4 is 5.97 Å². The first-order valence-electron chi connectivity index (χ1n) is 6.34. The Kier molecular flexibility index (Phi) is 2.98. The van der Waals surface area contributed by atoms with Gasteiger partial charge in [-0.3, -0.25) is 4.79 Å². The SMILES string of the molecule is CC1C(c2ccccc2)C1(N)C(=O)OC(C)(C)C. The molecular formula is C15H21NO2. The lowest BCUT2D eigenvalue weighted by Gasteiger charge is -2.22. The van der Waals surface area contributed by atoms with Crippen molar-refractivity contribution in [1.29, 1.82) is 0 Å². The van der Waals surface area contributed by atoms with Gasteiger partial charge in [0, 0.05) is 5.92 Å². The van der Waals surface area contributed by atoms with E-state index < -0.39 is 11.1 Å². The predicted octanol–water partition coefficient (Wildman–Crippen LogP) is 2.46. The molecule has 1 aromatic rings. The highest BCUT2D eigenvalue weighted by Gasteiger charge is 2.66. The van der Waals surface area contributed by atoms with E-state index >= 15 is 0 Å². The molecular weight excluding hydrogens is 226 g/mol. The van der Waals surface area contributed by atoms with E-state index in [9.17, 15) is 4.79 Å². The van der Waals surface area contributed by atoms with Crippen molar-refractivity contribution in [1.82, 2.24) is 0 Å². The minimum atomic E-state index is -0.866. The average molecular weight is 247 g/mol. The van der Waals surface area contributed by atoms with Crippen molar-refractivity contribution < 1.29 is 9.53 Å².